The summed E-state index contributed by atoms with van der Waals surface area (Å²) in [6.45, 7) is 0. The first-order valence-electron chi connectivity index (χ1n) is 7.13. The zero-order chi connectivity index (χ0) is 15.5. The third kappa shape index (κ3) is 2.94. The molecule has 1 aromatic heterocycles. The van der Waals surface area contributed by atoms with Crippen LogP contribution in [0.1, 0.15) is 32.8 Å². The molecule has 0 unspecified atom stereocenters. The fourth-order valence-corrected chi connectivity index (χ4v) is 3.94. The highest BCUT2D eigenvalue weighted by molar-refractivity contribution is 7.17. The van der Waals surface area contributed by atoms with Gasteiger partial charge in [-0.3, -0.25) is 9.59 Å². The van der Waals surface area contributed by atoms with Gasteiger partial charge in [-0.25, -0.2) is 0 Å². The number of anilines is 1. The highest BCUT2D eigenvalue weighted by Crippen LogP contribution is 2.38. The molecule has 0 saturated heterocycles. The quantitative estimate of drug-likeness (QED) is 0.852. The lowest BCUT2D eigenvalue weighted by atomic mass is 10.1. The Balaban J connectivity index is 1.77. The topological polar surface area (TPSA) is 72.2 Å². The molecule has 1 aliphatic carbocycles. The molecule has 3 N–H and O–H groups in total. The molecule has 112 valence electrons. The lowest BCUT2D eigenvalue weighted by Gasteiger charge is -2.03. The maximum absolute atomic E-state index is 12.0. The number of primary amides is 1. The summed E-state index contributed by atoms with van der Waals surface area (Å²) in [6, 6.07) is 9.57. The first kappa shape index (κ1) is 14.5. The van der Waals surface area contributed by atoms with Crippen LogP contribution in [0.15, 0.2) is 36.4 Å². The van der Waals surface area contributed by atoms with Crippen LogP contribution in [0.5, 0.6) is 0 Å². The van der Waals surface area contributed by atoms with Crippen LogP contribution in [0.2, 0.25) is 0 Å². The standard InChI is InChI=1S/C17H16N2O2S/c18-16(21)15-12-7-4-8-13(12)22-17(15)19-14(20)10-9-11-5-2-1-3-6-11/h1-3,5-6,9-10H,4,7-8H2,(H2,18,21)(H,19,20). The molecule has 0 atom stereocenters. The van der Waals surface area contributed by atoms with Crippen LogP contribution < -0.4 is 11.1 Å². The second-order valence-electron chi connectivity index (χ2n) is 5.16. The molecule has 2 aromatic rings. The summed E-state index contributed by atoms with van der Waals surface area (Å²) in [7, 11) is 0. The van der Waals surface area contributed by atoms with E-state index in [9.17, 15) is 9.59 Å². The average molecular weight is 312 g/mol. The minimum absolute atomic E-state index is 0.258. The molecule has 3 rings (SSSR count). The zero-order valence-corrected chi connectivity index (χ0v) is 12.8. The Hall–Kier alpha value is -2.40. The Kier molecular flexibility index (Phi) is 4.06. The summed E-state index contributed by atoms with van der Waals surface area (Å²) in [5.41, 5.74) is 7.92. The molecule has 0 aliphatic heterocycles. The highest BCUT2D eigenvalue weighted by Gasteiger charge is 2.25. The lowest BCUT2D eigenvalue weighted by Crippen LogP contribution is -2.16. The van der Waals surface area contributed by atoms with Gasteiger partial charge in [-0.1, -0.05) is 30.3 Å². The maximum Gasteiger partial charge on any atom is 0.251 e. The Morgan fingerprint density at radius 3 is 2.68 bits per heavy atom. The molecule has 4 nitrogen and oxygen atoms in total. The molecule has 5 heteroatoms. The van der Waals surface area contributed by atoms with E-state index in [1.807, 2.05) is 30.3 Å². The molecule has 2 amide bonds. The Labute approximate surface area is 132 Å². The van der Waals surface area contributed by atoms with Gasteiger partial charge in [0.05, 0.1) is 5.56 Å². The van der Waals surface area contributed by atoms with Crippen molar-refractivity contribution in [3.63, 3.8) is 0 Å². The van der Waals surface area contributed by atoms with Gasteiger partial charge < -0.3 is 11.1 Å². The third-order valence-corrected chi connectivity index (χ3v) is 4.84. The van der Waals surface area contributed by atoms with Crippen molar-refractivity contribution in [2.45, 2.75) is 19.3 Å². The summed E-state index contributed by atoms with van der Waals surface area (Å²) in [6.07, 6.45) is 6.06. The fraction of sp³-hybridized carbons (Fsp3) is 0.176. The molecule has 1 aliphatic rings. The van der Waals surface area contributed by atoms with Crippen molar-refractivity contribution in [1.29, 1.82) is 0 Å². The fourth-order valence-electron chi connectivity index (χ4n) is 2.64. The smallest absolute Gasteiger partial charge is 0.251 e. The van der Waals surface area contributed by atoms with E-state index in [1.54, 1.807) is 6.08 Å². The summed E-state index contributed by atoms with van der Waals surface area (Å²) >= 11 is 1.46. The van der Waals surface area contributed by atoms with Gasteiger partial charge in [0.15, 0.2) is 0 Å². The zero-order valence-electron chi connectivity index (χ0n) is 12.0. The molecular formula is C17H16N2O2S. The van der Waals surface area contributed by atoms with E-state index in [0.717, 1.165) is 35.3 Å². The highest BCUT2D eigenvalue weighted by atomic mass is 32.1. The third-order valence-electron chi connectivity index (χ3n) is 3.63. The van der Waals surface area contributed by atoms with Crippen molar-refractivity contribution in [3.8, 4) is 0 Å². The molecule has 0 bridgehead atoms. The minimum Gasteiger partial charge on any atom is -0.365 e. The Bertz CT molecular complexity index is 748. The van der Waals surface area contributed by atoms with Gasteiger partial charge in [0, 0.05) is 11.0 Å². The summed E-state index contributed by atoms with van der Waals surface area (Å²) < 4.78 is 0. The number of benzene rings is 1. The van der Waals surface area contributed by atoms with Gasteiger partial charge in [0.1, 0.15) is 5.00 Å². The van der Waals surface area contributed by atoms with Crippen molar-refractivity contribution in [3.05, 3.63) is 58.0 Å². The number of nitrogens with one attached hydrogen (secondary N) is 1. The second-order valence-corrected chi connectivity index (χ2v) is 6.26. The molecule has 22 heavy (non-hydrogen) atoms. The second kappa shape index (κ2) is 6.15. The van der Waals surface area contributed by atoms with E-state index in [1.165, 1.54) is 17.4 Å². The van der Waals surface area contributed by atoms with E-state index in [4.69, 9.17) is 5.73 Å². The number of hydrogen-bond acceptors (Lipinski definition) is 3. The number of carbonyl (C=O) groups excluding carboxylic acids is 2. The number of hydrogen-bond donors (Lipinski definition) is 2. The van der Waals surface area contributed by atoms with Gasteiger partial charge in [0.2, 0.25) is 5.91 Å². The van der Waals surface area contributed by atoms with Crippen LogP contribution in [0.3, 0.4) is 0 Å². The predicted octanol–water partition coefficient (Wildman–Crippen LogP) is 2.99. The van der Waals surface area contributed by atoms with E-state index in [2.05, 4.69) is 5.32 Å². The molecule has 0 radical (unpaired) electrons. The molecule has 1 aromatic carbocycles. The average Bonchev–Trinajstić information content (AvgIpc) is 3.06. The van der Waals surface area contributed by atoms with Crippen molar-refractivity contribution in [1.82, 2.24) is 0 Å². The summed E-state index contributed by atoms with van der Waals surface area (Å²) in [5, 5.41) is 3.35. The molecule has 0 saturated carbocycles. The maximum atomic E-state index is 12.0. The van der Waals surface area contributed by atoms with Crippen LogP contribution in [0.4, 0.5) is 5.00 Å². The monoisotopic (exact) mass is 312 g/mol. The largest absolute Gasteiger partial charge is 0.365 e. The van der Waals surface area contributed by atoms with Crippen molar-refractivity contribution in [2.24, 2.45) is 5.73 Å². The van der Waals surface area contributed by atoms with E-state index < -0.39 is 5.91 Å². The van der Waals surface area contributed by atoms with Crippen LogP contribution in [-0.2, 0) is 17.6 Å². The Morgan fingerprint density at radius 1 is 1.18 bits per heavy atom. The normalized spacial score (nSPS) is 13.3. The van der Waals surface area contributed by atoms with Crippen molar-refractivity contribution >= 4 is 34.2 Å². The minimum atomic E-state index is -0.471. The number of amides is 2. The number of rotatable bonds is 4. The summed E-state index contributed by atoms with van der Waals surface area (Å²) in [5.74, 6) is -0.729. The number of aryl methyl sites for hydroxylation is 1. The van der Waals surface area contributed by atoms with Gasteiger partial charge >= 0.3 is 0 Å². The lowest BCUT2D eigenvalue weighted by molar-refractivity contribution is -0.111. The first-order valence-corrected chi connectivity index (χ1v) is 7.95. The predicted molar refractivity (Wildman–Crippen MR) is 89.0 cm³/mol. The van der Waals surface area contributed by atoms with E-state index in [0.29, 0.717) is 10.6 Å². The molecule has 0 fully saturated rings. The SMILES string of the molecule is NC(=O)c1c(NC(=O)C=Cc2ccccc2)sc2c1CCC2. The molecular weight excluding hydrogens is 296 g/mol. The first-order chi connectivity index (χ1) is 10.6. The van der Waals surface area contributed by atoms with Crippen molar-refractivity contribution < 1.29 is 9.59 Å². The molecule has 1 heterocycles. The summed E-state index contributed by atoms with van der Waals surface area (Å²) in [4.78, 5) is 24.9. The van der Waals surface area contributed by atoms with Crippen molar-refractivity contribution in [2.75, 3.05) is 5.32 Å². The van der Waals surface area contributed by atoms with E-state index >= 15 is 0 Å². The van der Waals surface area contributed by atoms with Gasteiger partial charge in [0.25, 0.3) is 5.91 Å². The van der Waals surface area contributed by atoms with Crippen LogP contribution in [-0.4, -0.2) is 11.8 Å². The number of fused-ring (bicyclic) bond motifs is 1. The van der Waals surface area contributed by atoms with Crippen LogP contribution in [0.25, 0.3) is 6.08 Å². The number of thiophene rings is 1. The number of nitrogens with two attached hydrogens (primary N) is 1. The van der Waals surface area contributed by atoms with Crippen LogP contribution in [0, 0.1) is 0 Å². The van der Waals surface area contributed by atoms with Gasteiger partial charge in [-0.15, -0.1) is 11.3 Å². The number of carbonyl (C=O) groups is 2. The van der Waals surface area contributed by atoms with E-state index in [-0.39, 0.29) is 5.91 Å². The molecule has 0 spiro atoms. The Morgan fingerprint density at radius 2 is 1.95 bits per heavy atom. The van der Waals surface area contributed by atoms with Crippen LogP contribution >= 0.6 is 11.3 Å². The van der Waals surface area contributed by atoms with Gasteiger partial charge in [-0.2, -0.15) is 0 Å². The van der Waals surface area contributed by atoms with Gasteiger partial charge in [-0.05, 0) is 36.5 Å².